The summed E-state index contributed by atoms with van der Waals surface area (Å²) in [5, 5.41) is 2.20. The Morgan fingerprint density at radius 2 is 1.74 bits per heavy atom. The van der Waals surface area contributed by atoms with Crippen LogP contribution in [0.25, 0.3) is 0 Å². The zero-order chi connectivity index (χ0) is 20.3. The van der Waals surface area contributed by atoms with Gasteiger partial charge in [0.1, 0.15) is 5.02 Å². The van der Waals surface area contributed by atoms with Crippen molar-refractivity contribution in [3.8, 4) is 0 Å². The Hall–Kier alpha value is -2.22. The van der Waals surface area contributed by atoms with Crippen LogP contribution in [0.1, 0.15) is 17.4 Å². The Morgan fingerprint density at radius 1 is 1.15 bits per heavy atom. The normalized spacial score (nSPS) is 11.6. The van der Waals surface area contributed by atoms with E-state index in [1.54, 1.807) is 12.1 Å². The first-order valence-corrected chi connectivity index (χ1v) is 8.84. The summed E-state index contributed by atoms with van der Waals surface area (Å²) < 4.78 is 5.10. The van der Waals surface area contributed by atoms with Gasteiger partial charge in [0, 0.05) is 25.5 Å². The molecule has 3 N–H and O–H groups in total. The van der Waals surface area contributed by atoms with Crippen LogP contribution in [0.2, 0.25) is 15.2 Å². The van der Waals surface area contributed by atoms with E-state index < -0.39 is 18.0 Å². The van der Waals surface area contributed by atoms with E-state index in [0.29, 0.717) is 5.69 Å². The third-order valence-corrected chi connectivity index (χ3v) is 4.70. The van der Waals surface area contributed by atoms with Gasteiger partial charge < -0.3 is 20.7 Å². The molecule has 7 nitrogen and oxygen atoms in total. The monoisotopic (exact) mass is 430 g/mol. The molecule has 0 saturated carbocycles. The highest BCUT2D eigenvalue weighted by molar-refractivity contribution is 6.46. The van der Waals surface area contributed by atoms with Crippen LogP contribution in [0.3, 0.4) is 0 Å². The predicted molar refractivity (Wildman–Crippen MR) is 108 cm³/mol. The third kappa shape index (κ3) is 4.94. The number of nitrogens with one attached hydrogen (secondary N) is 1. The van der Waals surface area contributed by atoms with Gasteiger partial charge in [-0.1, -0.05) is 34.8 Å². The molecule has 1 aromatic heterocycles. The van der Waals surface area contributed by atoms with Crippen molar-refractivity contribution in [2.45, 2.75) is 13.0 Å². The van der Waals surface area contributed by atoms with E-state index in [1.807, 2.05) is 31.1 Å². The summed E-state index contributed by atoms with van der Waals surface area (Å²) in [7, 11) is 3.81. The quantitative estimate of drug-likeness (QED) is 0.551. The van der Waals surface area contributed by atoms with E-state index in [0.717, 1.165) is 5.69 Å². The highest BCUT2D eigenvalue weighted by Gasteiger charge is 2.25. The summed E-state index contributed by atoms with van der Waals surface area (Å²) >= 11 is 17.6. The van der Waals surface area contributed by atoms with Crippen molar-refractivity contribution in [1.29, 1.82) is 0 Å². The molecule has 2 aromatic rings. The Balaban J connectivity index is 2.07. The van der Waals surface area contributed by atoms with Crippen LogP contribution in [0, 0.1) is 0 Å². The van der Waals surface area contributed by atoms with Crippen LogP contribution in [0.4, 0.5) is 17.1 Å². The molecule has 0 bridgehead atoms. The predicted octanol–water partition coefficient (Wildman–Crippen LogP) is 3.87. The summed E-state index contributed by atoms with van der Waals surface area (Å²) in [6.07, 6.45) is -1.11. The fourth-order valence-electron chi connectivity index (χ4n) is 2.02. The van der Waals surface area contributed by atoms with E-state index in [1.165, 1.54) is 6.92 Å². The Kier molecular flexibility index (Phi) is 6.75. The van der Waals surface area contributed by atoms with Gasteiger partial charge in [0.05, 0.1) is 10.7 Å². The van der Waals surface area contributed by atoms with Crippen LogP contribution >= 0.6 is 34.8 Å². The molecule has 0 aliphatic heterocycles. The molecule has 0 aliphatic rings. The van der Waals surface area contributed by atoms with Crippen molar-refractivity contribution < 1.29 is 14.3 Å². The van der Waals surface area contributed by atoms with Gasteiger partial charge in [0.2, 0.25) is 0 Å². The molecule has 2 rings (SSSR count). The lowest BCUT2D eigenvalue weighted by Gasteiger charge is -2.16. The molecule has 27 heavy (non-hydrogen) atoms. The molecule has 1 atom stereocenters. The van der Waals surface area contributed by atoms with Crippen molar-refractivity contribution in [3.63, 3.8) is 0 Å². The maximum Gasteiger partial charge on any atom is 0.359 e. The number of ether oxygens (including phenoxy) is 1. The summed E-state index contributed by atoms with van der Waals surface area (Å²) in [4.78, 5) is 30.2. The first-order chi connectivity index (χ1) is 12.6. The second kappa shape index (κ2) is 8.65. The maximum atomic E-state index is 12.3. The van der Waals surface area contributed by atoms with E-state index >= 15 is 0 Å². The van der Waals surface area contributed by atoms with Crippen LogP contribution < -0.4 is 16.0 Å². The summed E-state index contributed by atoms with van der Waals surface area (Å²) in [5.74, 6) is -1.47. The van der Waals surface area contributed by atoms with E-state index in [4.69, 9.17) is 45.3 Å². The van der Waals surface area contributed by atoms with Gasteiger partial charge in [0.25, 0.3) is 5.91 Å². The zero-order valence-electron chi connectivity index (χ0n) is 14.7. The number of nitrogens with two attached hydrogens (primary N) is 1. The molecule has 0 spiro atoms. The molecule has 10 heteroatoms. The highest BCUT2D eigenvalue weighted by atomic mass is 35.5. The first-order valence-electron chi connectivity index (χ1n) is 7.71. The summed E-state index contributed by atoms with van der Waals surface area (Å²) in [6.45, 7) is 1.41. The van der Waals surface area contributed by atoms with Gasteiger partial charge in [-0.15, -0.1) is 0 Å². The van der Waals surface area contributed by atoms with Gasteiger partial charge in [-0.05, 0) is 31.2 Å². The Labute approximate surface area is 171 Å². The topological polar surface area (TPSA) is 97.5 Å². The summed E-state index contributed by atoms with van der Waals surface area (Å²) in [5.41, 5.74) is 6.79. The number of esters is 1. The molecule has 0 saturated heterocycles. The first kappa shape index (κ1) is 21.1. The number of nitrogens with zero attached hydrogens (tertiary/aromatic N) is 2. The van der Waals surface area contributed by atoms with Crippen LogP contribution in [-0.2, 0) is 9.53 Å². The summed E-state index contributed by atoms with van der Waals surface area (Å²) in [6, 6.07) is 7.16. The fraction of sp³-hybridized carbons (Fsp3) is 0.235. The molecule has 0 aliphatic carbocycles. The number of amides is 1. The van der Waals surface area contributed by atoms with Crippen molar-refractivity contribution in [2.75, 3.05) is 30.0 Å². The smallest absolute Gasteiger partial charge is 0.359 e. The number of pyridine rings is 1. The molecule has 0 radical (unpaired) electrons. The lowest BCUT2D eigenvalue weighted by Crippen LogP contribution is -2.30. The molecule has 1 amide bonds. The van der Waals surface area contributed by atoms with Gasteiger partial charge >= 0.3 is 5.97 Å². The molecule has 144 valence electrons. The number of halogens is 3. The third-order valence-electron chi connectivity index (χ3n) is 3.57. The van der Waals surface area contributed by atoms with E-state index in [-0.39, 0.29) is 26.6 Å². The van der Waals surface area contributed by atoms with Gasteiger partial charge in [0.15, 0.2) is 17.0 Å². The van der Waals surface area contributed by atoms with Crippen LogP contribution in [0.5, 0.6) is 0 Å². The average molecular weight is 432 g/mol. The second-order valence-electron chi connectivity index (χ2n) is 5.77. The van der Waals surface area contributed by atoms with Crippen LogP contribution in [0.15, 0.2) is 24.3 Å². The number of aromatic nitrogens is 1. The maximum absolute atomic E-state index is 12.3. The SMILES string of the molecule is CC(OC(=O)c1nc(Cl)c(Cl)c(N)c1Cl)C(=O)Nc1ccc(N(C)C)cc1. The number of anilines is 3. The minimum atomic E-state index is -1.11. The Bertz CT molecular complexity index is 873. The highest BCUT2D eigenvalue weighted by Crippen LogP contribution is 2.34. The minimum absolute atomic E-state index is 0.0646. The van der Waals surface area contributed by atoms with E-state index in [9.17, 15) is 9.59 Å². The number of carbonyl (C=O) groups is 2. The Morgan fingerprint density at radius 3 is 2.30 bits per heavy atom. The van der Waals surface area contributed by atoms with Gasteiger partial charge in [-0.2, -0.15) is 0 Å². The number of hydrogen-bond acceptors (Lipinski definition) is 6. The number of rotatable bonds is 5. The molecule has 1 heterocycles. The van der Waals surface area contributed by atoms with Gasteiger partial charge in [-0.25, -0.2) is 9.78 Å². The van der Waals surface area contributed by atoms with Gasteiger partial charge in [-0.3, -0.25) is 4.79 Å². The van der Waals surface area contributed by atoms with Crippen LogP contribution in [-0.4, -0.2) is 37.1 Å². The molecule has 1 unspecified atom stereocenters. The lowest BCUT2D eigenvalue weighted by molar-refractivity contribution is -0.123. The van der Waals surface area contributed by atoms with Crippen molar-refractivity contribution in [2.24, 2.45) is 0 Å². The molecular formula is C17H17Cl3N4O3. The van der Waals surface area contributed by atoms with Crippen molar-refractivity contribution in [3.05, 3.63) is 45.2 Å². The standard InChI is InChI=1S/C17H17Cl3N4O3/c1-8(16(25)22-9-4-6-10(7-5-9)24(2)3)27-17(26)14-11(18)13(21)12(19)15(20)23-14/h4-8H,1-3H3,(H2,21,23)(H,22,25). The number of carbonyl (C=O) groups excluding carboxylic acids is 2. The zero-order valence-corrected chi connectivity index (χ0v) is 17.0. The molecule has 0 fully saturated rings. The average Bonchev–Trinajstić information content (AvgIpc) is 2.63. The number of nitrogen functional groups attached to an aromatic ring is 1. The van der Waals surface area contributed by atoms with E-state index in [2.05, 4.69) is 10.3 Å². The van der Waals surface area contributed by atoms with Crippen molar-refractivity contribution in [1.82, 2.24) is 4.98 Å². The number of benzene rings is 1. The lowest BCUT2D eigenvalue weighted by atomic mass is 10.2. The second-order valence-corrected chi connectivity index (χ2v) is 6.88. The largest absolute Gasteiger partial charge is 0.448 e. The molecular weight excluding hydrogens is 415 g/mol. The fourth-order valence-corrected chi connectivity index (χ4v) is 2.61. The number of hydrogen-bond donors (Lipinski definition) is 2. The molecule has 1 aromatic carbocycles. The minimum Gasteiger partial charge on any atom is -0.448 e. The van der Waals surface area contributed by atoms with Crippen molar-refractivity contribution >= 4 is 63.7 Å².